The number of nitrogens with zero attached hydrogens (tertiary/aromatic N) is 3. The predicted molar refractivity (Wildman–Crippen MR) is 88.1 cm³/mol. The monoisotopic (exact) mass is 315 g/mol. The van der Waals surface area contributed by atoms with Crippen LogP contribution in [-0.4, -0.2) is 56.6 Å². The van der Waals surface area contributed by atoms with Crippen molar-refractivity contribution in [1.82, 2.24) is 19.9 Å². The molecule has 1 aliphatic heterocycles. The van der Waals surface area contributed by atoms with Gasteiger partial charge in [-0.15, -0.1) is 0 Å². The molecule has 1 aliphatic rings. The highest BCUT2D eigenvalue weighted by Crippen LogP contribution is 2.25. The minimum atomic E-state index is -0.0352. The number of amides is 1. The van der Waals surface area contributed by atoms with Gasteiger partial charge in [-0.1, -0.05) is 6.58 Å². The molecular formula is C16H21N5O2. The molecule has 0 unspecified atom stereocenters. The van der Waals surface area contributed by atoms with Crippen LogP contribution in [0.4, 0.5) is 5.82 Å². The van der Waals surface area contributed by atoms with E-state index in [4.69, 9.17) is 0 Å². The molecular weight excluding hydrogens is 294 g/mol. The number of anilines is 1. The van der Waals surface area contributed by atoms with E-state index in [0.717, 1.165) is 41.8 Å². The number of piperidine rings is 1. The third kappa shape index (κ3) is 3.19. The number of aliphatic hydroxyl groups is 1. The van der Waals surface area contributed by atoms with Crippen LogP contribution in [0.15, 0.2) is 25.2 Å². The summed E-state index contributed by atoms with van der Waals surface area (Å²) in [5.74, 6) is 0.713. The first-order chi connectivity index (χ1) is 11.2. The van der Waals surface area contributed by atoms with Crippen molar-refractivity contribution in [2.45, 2.75) is 25.3 Å². The van der Waals surface area contributed by atoms with Crippen molar-refractivity contribution in [2.24, 2.45) is 0 Å². The molecule has 1 saturated heterocycles. The van der Waals surface area contributed by atoms with Gasteiger partial charge in [-0.3, -0.25) is 4.79 Å². The molecule has 0 radical (unpaired) electrons. The summed E-state index contributed by atoms with van der Waals surface area (Å²) < 4.78 is 0. The number of hydrogen-bond donors (Lipinski definition) is 3. The number of rotatable bonds is 5. The standard InChI is InChI=1S/C16H21N5O2/c1-2-13(23)21-6-3-4-12(9-21)20-16-14-11(5-7-22)8-17-15(14)18-10-19-16/h2,8,10,12,22H,1,3-7,9H2,(H2,17,18,19,20)/t12-/m1/s1. The number of carbonyl (C=O) groups excluding carboxylic acids is 1. The Balaban J connectivity index is 1.82. The number of aliphatic hydroxyl groups excluding tert-OH is 1. The molecule has 0 aromatic carbocycles. The molecule has 1 fully saturated rings. The number of H-pyrrole nitrogens is 1. The van der Waals surface area contributed by atoms with Crippen LogP contribution in [-0.2, 0) is 11.2 Å². The zero-order valence-corrected chi connectivity index (χ0v) is 13.0. The van der Waals surface area contributed by atoms with Crippen molar-refractivity contribution in [2.75, 3.05) is 25.0 Å². The largest absolute Gasteiger partial charge is 0.396 e. The highest BCUT2D eigenvalue weighted by molar-refractivity contribution is 5.90. The molecule has 23 heavy (non-hydrogen) atoms. The van der Waals surface area contributed by atoms with Crippen LogP contribution >= 0.6 is 0 Å². The van der Waals surface area contributed by atoms with E-state index >= 15 is 0 Å². The molecule has 0 saturated carbocycles. The van der Waals surface area contributed by atoms with Crippen LogP contribution in [0.2, 0.25) is 0 Å². The van der Waals surface area contributed by atoms with E-state index in [-0.39, 0.29) is 18.6 Å². The Hall–Kier alpha value is -2.41. The van der Waals surface area contributed by atoms with Crippen LogP contribution < -0.4 is 5.32 Å². The average Bonchev–Trinajstić information content (AvgIpc) is 2.99. The number of aromatic amines is 1. The van der Waals surface area contributed by atoms with Crippen molar-refractivity contribution >= 4 is 22.8 Å². The van der Waals surface area contributed by atoms with E-state index in [1.807, 2.05) is 6.20 Å². The molecule has 0 bridgehead atoms. The Kier molecular flexibility index (Phi) is 4.57. The molecule has 122 valence electrons. The smallest absolute Gasteiger partial charge is 0.246 e. The van der Waals surface area contributed by atoms with Gasteiger partial charge in [-0.05, 0) is 30.9 Å². The van der Waals surface area contributed by atoms with Gasteiger partial charge in [-0.2, -0.15) is 0 Å². The van der Waals surface area contributed by atoms with Crippen LogP contribution in [0, 0.1) is 0 Å². The Morgan fingerprint density at radius 3 is 3.22 bits per heavy atom. The zero-order valence-electron chi connectivity index (χ0n) is 13.0. The van der Waals surface area contributed by atoms with E-state index in [1.54, 1.807) is 4.90 Å². The van der Waals surface area contributed by atoms with Gasteiger partial charge in [0.1, 0.15) is 17.8 Å². The molecule has 0 aliphatic carbocycles. The van der Waals surface area contributed by atoms with Gasteiger partial charge in [0.05, 0.1) is 5.39 Å². The molecule has 7 heteroatoms. The van der Waals surface area contributed by atoms with E-state index in [2.05, 4.69) is 26.8 Å². The maximum atomic E-state index is 11.8. The number of hydrogen-bond acceptors (Lipinski definition) is 5. The van der Waals surface area contributed by atoms with Crippen molar-refractivity contribution in [3.05, 3.63) is 30.7 Å². The fourth-order valence-electron chi connectivity index (χ4n) is 3.07. The molecule has 0 spiro atoms. The Morgan fingerprint density at radius 2 is 2.43 bits per heavy atom. The first kappa shape index (κ1) is 15.5. The lowest BCUT2D eigenvalue weighted by atomic mass is 10.1. The second-order valence-corrected chi connectivity index (χ2v) is 5.71. The Labute approximate surface area is 134 Å². The van der Waals surface area contributed by atoms with Gasteiger partial charge in [0.15, 0.2) is 0 Å². The van der Waals surface area contributed by atoms with Gasteiger partial charge in [-0.25, -0.2) is 9.97 Å². The number of fused-ring (bicyclic) bond motifs is 1. The van der Waals surface area contributed by atoms with Crippen LogP contribution in [0.3, 0.4) is 0 Å². The van der Waals surface area contributed by atoms with E-state index in [0.29, 0.717) is 13.0 Å². The second kappa shape index (κ2) is 6.78. The topological polar surface area (TPSA) is 94.1 Å². The number of nitrogens with one attached hydrogen (secondary N) is 2. The molecule has 2 aromatic rings. The minimum absolute atomic E-state index is 0.0352. The van der Waals surface area contributed by atoms with Crippen LogP contribution in [0.5, 0.6) is 0 Å². The van der Waals surface area contributed by atoms with Crippen molar-refractivity contribution in [1.29, 1.82) is 0 Å². The zero-order chi connectivity index (χ0) is 16.2. The first-order valence-electron chi connectivity index (χ1n) is 7.82. The van der Waals surface area contributed by atoms with E-state index < -0.39 is 0 Å². The highest BCUT2D eigenvalue weighted by atomic mass is 16.3. The molecule has 3 heterocycles. The summed E-state index contributed by atoms with van der Waals surface area (Å²) in [4.78, 5) is 25.3. The van der Waals surface area contributed by atoms with Gasteiger partial charge in [0.25, 0.3) is 0 Å². The lowest BCUT2D eigenvalue weighted by Crippen LogP contribution is -2.44. The number of likely N-dealkylation sites (tertiary alicyclic amines) is 1. The summed E-state index contributed by atoms with van der Waals surface area (Å²) in [5.41, 5.74) is 1.74. The van der Waals surface area contributed by atoms with Crippen molar-refractivity contribution < 1.29 is 9.90 Å². The third-order valence-electron chi connectivity index (χ3n) is 4.18. The summed E-state index contributed by atoms with van der Waals surface area (Å²) in [6, 6.07) is 0.141. The van der Waals surface area contributed by atoms with E-state index in [9.17, 15) is 9.90 Å². The second-order valence-electron chi connectivity index (χ2n) is 5.71. The van der Waals surface area contributed by atoms with Crippen LogP contribution in [0.25, 0.3) is 11.0 Å². The molecule has 3 N–H and O–H groups in total. The minimum Gasteiger partial charge on any atom is -0.396 e. The lowest BCUT2D eigenvalue weighted by Gasteiger charge is -2.32. The molecule has 3 rings (SSSR count). The maximum absolute atomic E-state index is 11.8. The fourth-order valence-corrected chi connectivity index (χ4v) is 3.07. The van der Waals surface area contributed by atoms with Crippen molar-refractivity contribution in [3.63, 3.8) is 0 Å². The molecule has 1 amide bonds. The van der Waals surface area contributed by atoms with Gasteiger partial charge in [0, 0.05) is 31.9 Å². The van der Waals surface area contributed by atoms with Gasteiger partial charge < -0.3 is 20.3 Å². The summed E-state index contributed by atoms with van der Waals surface area (Å²) >= 11 is 0. The van der Waals surface area contributed by atoms with Crippen molar-refractivity contribution in [3.8, 4) is 0 Å². The number of carbonyl (C=O) groups is 1. The highest BCUT2D eigenvalue weighted by Gasteiger charge is 2.23. The van der Waals surface area contributed by atoms with Gasteiger partial charge in [0.2, 0.25) is 5.91 Å². The van der Waals surface area contributed by atoms with Gasteiger partial charge >= 0.3 is 0 Å². The molecule has 7 nitrogen and oxygen atoms in total. The predicted octanol–water partition coefficient (Wildman–Crippen LogP) is 1.08. The summed E-state index contributed by atoms with van der Waals surface area (Å²) in [6.45, 7) is 5.03. The third-order valence-corrected chi connectivity index (χ3v) is 4.18. The van der Waals surface area contributed by atoms with E-state index in [1.165, 1.54) is 12.4 Å². The quantitative estimate of drug-likeness (QED) is 0.718. The average molecular weight is 315 g/mol. The normalized spacial score (nSPS) is 18.1. The maximum Gasteiger partial charge on any atom is 0.246 e. The lowest BCUT2D eigenvalue weighted by molar-refractivity contribution is -0.127. The molecule has 1 atom stereocenters. The Morgan fingerprint density at radius 1 is 1.57 bits per heavy atom. The fraction of sp³-hybridized carbons (Fsp3) is 0.438. The summed E-state index contributed by atoms with van der Waals surface area (Å²) in [7, 11) is 0. The number of aromatic nitrogens is 3. The molecule has 2 aromatic heterocycles. The first-order valence-corrected chi connectivity index (χ1v) is 7.82. The summed E-state index contributed by atoms with van der Waals surface area (Å²) in [6.07, 6.45) is 7.20. The SMILES string of the molecule is C=CC(=O)N1CCC[C@@H](Nc2ncnc3[nH]cc(CCO)c23)C1. The van der Waals surface area contributed by atoms with Crippen LogP contribution in [0.1, 0.15) is 18.4 Å². The Bertz CT molecular complexity index is 712. The summed E-state index contributed by atoms with van der Waals surface area (Å²) in [5, 5.41) is 13.6.